The fourth-order valence-electron chi connectivity index (χ4n) is 1.81. The van der Waals surface area contributed by atoms with Crippen LogP contribution in [0.1, 0.15) is 18.4 Å². The number of nitrogens with zero attached hydrogens (tertiary/aromatic N) is 1. The maximum absolute atomic E-state index is 6.11. The van der Waals surface area contributed by atoms with Gasteiger partial charge in [-0.05, 0) is 49.6 Å². The number of nitrogen functional groups attached to an aromatic ring is 1. The van der Waals surface area contributed by atoms with Crippen molar-refractivity contribution in [1.82, 2.24) is 4.90 Å². The normalized spacial score (nSPS) is 15.9. The van der Waals surface area contributed by atoms with Crippen molar-refractivity contribution in [3.05, 3.63) is 28.8 Å². The second kappa shape index (κ2) is 4.42. The van der Waals surface area contributed by atoms with Gasteiger partial charge < -0.3 is 10.6 Å². The second-order valence-electron chi connectivity index (χ2n) is 4.49. The maximum atomic E-state index is 6.11. The summed E-state index contributed by atoms with van der Waals surface area (Å²) < 4.78 is 0. The van der Waals surface area contributed by atoms with E-state index in [0.29, 0.717) is 0 Å². The smallest absolute Gasteiger partial charge is 0.0452 e. The summed E-state index contributed by atoms with van der Waals surface area (Å²) in [6, 6.07) is 5.68. The van der Waals surface area contributed by atoms with E-state index in [-0.39, 0.29) is 0 Å². The molecule has 0 aliphatic heterocycles. The average molecular weight is 225 g/mol. The van der Waals surface area contributed by atoms with Crippen molar-refractivity contribution < 1.29 is 0 Å². The highest BCUT2D eigenvalue weighted by atomic mass is 35.5. The van der Waals surface area contributed by atoms with Crippen molar-refractivity contribution in [3.8, 4) is 0 Å². The van der Waals surface area contributed by atoms with Gasteiger partial charge in [0.1, 0.15) is 0 Å². The van der Waals surface area contributed by atoms with E-state index in [2.05, 4.69) is 11.9 Å². The predicted octanol–water partition coefficient (Wildman–Crippen LogP) is 2.76. The summed E-state index contributed by atoms with van der Waals surface area (Å²) in [5, 5.41) is 0.812. The van der Waals surface area contributed by atoms with Gasteiger partial charge in [0, 0.05) is 23.8 Å². The van der Waals surface area contributed by atoms with Crippen LogP contribution in [-0.2, 0) is 6.54 Å². The van der Waals surface area contributed by atoms with E-state index in [1.54, 1.807) is 0 Å². The van der Waals surface area contributed by atoms with E-state index in [1.165, 1.54) is 19.4 Å². The van der Waals surface area contributed by atoms with Crippen molar-refractivity contribution in [1.29, 1.82) is 0 Å². The summed E-state index contributed by atoms with van der Waals surface area (Å²) in [7, 11) is 2.14. The molecule has 2 N–H and O–H groups in total. The zero-order valence-corrected chi connectivity index (χ0v) is 9.80. The van der Waals surface area contributed by atoms with Crippen LogP contribution in [0.4, 0.5) is 5.69 Å². The van der Waals surface area contributed by atoms with Crippen LogP contribution in [0.15, 0.2) is 18.2 Å². The van der Waals surface area contributed by atoms with Gasteiger partial charge in [-0.25, -0.2) is 0 Å². The lowest BCUT2D eigenvalue weighted by Crippen LogP contribution is -2.20. The minimum atomic E-state index is 0.786. The van der Waals surface area contributed by atoms with Crippen LogP contribution in [-0.4, -0.2) is 18.5 Å². The average Bonchev–Trinajstić information content (AvgIpc) is 2.95. The molecule has 0 radical (unpaired) electrons. The first-order chi connectivity index (χ1) is 7.15. The highest BCUT2D eigenvalue weighted by molar-refractivity contribution is 6.31. The quantitative estimate of drug-likeness (QED) is 0.797. The van der Waals surface area contributed by atoms with Crippen LogP contribution in [0.3, 0.4) is 0 Å². The molecule has 1 aromatic rings. The molecule has 1 saturated carbocycles. The Morgan fingerprint density at radius 2 is 2.20 bits per heavy atom. The van der Waals surface area contributed by atoms with Crippen LogP contribution < -0.4 is 5.73 Å². The lowest BCUT2D eigenvalue weighted by molar-refractivity contribution is 0.313. The Hall–Kier alpha value is -0.730. The van der Waals surface area contributed by atoms with Gasteiger partial charge in [-0.2, -0.15) is 0 Å². The zero-order chi connectivity index (χ0) is 10.8. The van der Waals surface area contributed by atoms with Crippen molar-refractivity contribution in [2.75, 3.05) is 19.3 Å². The molecule has 1 fully saturated rings. The van der Waals surface area contributed by atoms with Crippen LogP contribution >= 0.6 is 11.6 Å². The summed E-state index contributed by atoms with van der Waals surface area (Å²) >= 11 is 6.11. The Morgan fingerprint density at radius 1 is 1.47 bits per heavy atom. The fourth-order valence-corrected chi connectivity index (χ4v) is 1.99. The molecule has 0 saturated heterocycles. The first kappa shape index (κ1) is 10.8. The lowest BCUT2D eigenvalue weighted by Gasteiger charge is -2.17. The van der Waals surface area contributed by atoms with E-state index in [0.717, 1.165) is 28.7 Å². The SMILES string of the molecule is CN(Cc1cc(N)ccc1Cl)CC1CC1. The first-order valence-electron chi connectivity index (χ1n) is 5.37. The van der Waals surface area contributed by atoms with E-state index in [1.807, 2.05) is 18.2 Å². The van der Waals surface area contributed by atoms with Crippen LogP contribution in [0, 0.1) is 5.92 Å². The van der Waals surface area contributed by atoms with Gasteiger partial charge in [0.2, 0.25) is 0 Å². The molecule has 0 amide bonds. The Bertz CT molecular complexity index is 347. The molecule has 2 nitrogen and oxygen atoms in total. The molecule has 0 unspecified atom stereocenters. The number of hydrogen-bond acceptors (Lipinski definition) is 2. The fraction of sp³-hybridized carbons (Fsp3) is 0.500. The van der Waals surface area contributed by atoms with E-state index in [9.17, 15) is 0 Å². The molecule has 0 aromatic heterocycles. The van der Waals surface area contributed by atoms with E-state index in [4.69, 9.17) is 17.3 Å². The molecule has 1 aromatic carbocycles. The molecule has 2 rings (SSSR count). The Balaban J connectivity index is 1.98. The summed E-state index contributed by atoms with van der Waals surface area (Å²) in [6.07, 6.45) is 2.77. The molecule has 0 atom stereocenters. The highest BCUT2D eigenvalue weighted by Crippen LogP contribution is 2.30. The summed E-state index contributed by atoms with van der Waals surface area (Å²) in [4.78, 5) is 2.32. The van der Waals surface area contributed by atoms with Crippen molar-refractivity contribution in [2.24, 2.45) is 5.92 Å². The minimum absolute atomic E-state index is 0.786. The number of halogens is 1. The van der Waals surface area contributed by atoms with Crippen molar-refractivity contribution in [2.45, 2.75) is 19.4 Å². The molecule has 82 valence electrons. The summed E-state index contributed by atoms with van der Waals surface area (Å²) in [6.45, 7) is 2.06. The molecule has 0 heterocycles. The van der Waals surface area contributed by atoms with Gasteiger partial charge in [-0.3, -0.25) is 0 Å². The molecule has 1 aliphatic carbocycles. The second-order valence-corrected chi connectivity index (χ2v) is 4.90. The molecule has 15 heavy (non-hydrogen) atoms. The highest BCUT2D eigenvalue weighted by Gasteiger charge is 2.22. The summed E-state index contributed by atoms with van der Waals surface area (Å²) in [5.41, 5.74) is 7.65. The number of anilines is 1. The maximum Gasteiger partial charge on any atom is 0.0452 e. The van der Waals surface area contributed by atoms with Crippen LogP contribution in [0.5, 0.6) is 0 Å². The molecule has 0 bridgehead atoms. The van der Waals surface area contributed by atoms with Gasteiger partial charge in [0.25, 0.3) is 0 Å². The Morgan fingerprint density at radius 3 is 2.87 bits per heavy atom. The minimum Gasteiger partial charge on any atom is -0.399 e. The van der Waals surface area contributed by atoms with Gasteiger partial charge in [0.15, 0.2) is 0 Å². The van der Waals surface area contributed by atoms with E-state index < -0.39 is 0 Å². The topological polar surface area (TPSA) is 29.3 Å². The Labute approximate surface area is 96.0 Å². The third-order valence-corrected chi connectivity index (χ3v) is 3.15. The van der Waals surface area contributed by atoms with Crippen LogP contribution in [0.2, 0.25) is 5.02 Å². The Kier molecular flexibility index (Phi) is 3.17. The monoisotopic (exact) mass is 224 g/mol. The largest absolute Gasteiger partial charge is 0.399 e. The van der Waals surface area contributed by atoms with Gasteiger partial charge in [-0.15, -0.1) is 0 Å². The van der Waals surface area contributed by atoms with Crippen LogP contribution in [0.25, 0.3) is 0 Å². The number of hydrogen-bond donors (Lipinski definition) is 1. The zero-order valence-electron chi connectivity index (χ0n) is 9.04. The number of nitrogens with two attached hydrogens (primary N) is 1. The van der Waals surface area contributed by atoms with Crippen molar-refractivity contribution in [3.63, 3.8) is 0 Å². The third-order valence-electron chi connectivity index (χ3n) is 2.78. The standard InChI is InChI=1S/C12H17ClN2/c1-15(7-9-2-3-9)8-10-6-11(14)4-5-12(10)13/h4-6,9H,2-3,7-8,14H2,1H3. The van der Waals surface area contributed by atoms with Gasteiger partial charge in [-0.1, -0.05) is 11.6 Å². The third kappa shape index (κ3) is 3.11. The predicted molar refractivity (Wildman–Crippen MR) is 64.9 cm³/mol. The molecule has 1 aliphatic rings. The summed E-state index contributed by atoms with van der Waals surface area (Å²) in [5.74, 6) is 0.912. The van der Waals surface area contributed by atoms with Gasteiger partial charge >= 0.3 is 0 Å². The number of benzene rings is 1. The first-order valence-corrected chi connectivity index (χ1v) is 5.75. The van der Waals surface area contributed by atoms with E-state index >= 15 is 0 Å². The lowest BCUT2D eigenvalue weighted by atomic mass is 10.2. The number of rotatable bonds is 4. The molecular formula is C12H17ClN2. The van der Waals surface area contributed by atoms with Gasteiger partial charge in [0.05, 0.1) is 0 Å². The molecule has 3 heteroatoms. The molecule has 0 spiro atoms. The molecular weight excluding hydrogens is 208 g/mol. The van der Waals surface area contributed by atoms with Crippen molar-refractivity contribution >= 4 is 17.3 Å².